The molecule has 0 aliphatic carbocycles. The fraction of sp³-hybridized carbons (Fsp3) is 0.571. The van der Waals surface area contributed by atoms with E-state index in [1.165, 1.54) is 0 Å². The van der Waals surface area contributed by atoms with Crippen LogP contribution in [0.15, 0.2) is 29.2 Å². The number of methoxy groups -OCH3 is 1. The van der Waals surface area contributed by atoms with Gasteiger partial charge in [-0.1, -0.05) is 26.0 Å². The first-order valence-electron chi connectivity index (χ1n) is 6.47. The van der Waals surface area contributed by atoms with Gasteiger partial charge in [0.1, 0.15) is 5.75 Å². The summed E-state index contributed by atoms with van der Waals surface area (Å²) in [5, 5.41) is 3.42. The van der Waals surface area contributed by atoms with Crippen molar-refractivity contribution in [2.45, 2.75) is 37.6 Å². The largest absolute Gasteiger partial charge is 0.495 e. The number of ether oxygens (including phenoxy) is 1. The van der Waals surface area contributed by atoms with E-state index in [1.807, 2.05) is 24.3 Å². The van der Waals surface area contributed by atoms with E-state index in [0.29, 0.717) is 17.5 Å². The second-order valence-corrected chi connectivity index (χ2v) is 5.69. The summed E-state index contributed by atoms with van der Waals surface area (Å²) >= 11 is 0. The highest BCUT2D eigenvalue weighted by molar-refractivity contribution is 7.85. The van der Waals surface area contributed by atoms with Crippen LogP contribution in [0.3, 0.4) is 0 Å². The maximum Gasteiger partial charge on any atom is 0.134 e. The molecule has 4 heteroatoms. The van der Waals surface area contributed by atoms with Crippen LogP contribution in [0, 0.1) is 0 Å². The zero-order valence-corrected chi connectivity index (χ0v) is 12.3. The Morgan fingerprint density at radius 1 is 1.33 bits per heavy atom. The molecule has 0 spiro atoms. The predicted molar refractivity (Wildman–Crippen MR) is 76.6 cm³/mol. The second kappa shape index (κ2) is 8.27. The minimum atomic E-state index is -1.02. The highest BCUT2D eigenvalue weighted by Gasteiger charge is 2.14. The van der Waals surface area contributed by atoms with Crippen molar-refractivity contribution in [3.8, 4) is 5.75 Å². The quantitative estimate of drug-likeness (QED) is 0.788. The van der Waals surface area contributed by atoms with Crippen LogP contribution < -0.4 is 10.1 Å². The van der Waals surface area contributed by atoms with Gasteiger partial charge in [0.05, 0.1) is 22.8 Å². The van der Waals surface area contributed by atoms with Gasteiger partial charge in [-0.05, 0) is 31.5 Å². The average Bonchev–Trinajstić information content (AvgIpc) is 2.43. The molecule has 1 aromatic carbocycles. The minimum Gasteiger partial charge on any atom is -0.495 e. The second-order valence-electron chi connectivity index (χ2n) is 4.22. The third-order valence-electron chi connectivity index (χ3n) is 2.84. The summed E-state index contributed by atoms with van der Waals surface area (Å²) in [6.07, 6.45) is 2.08. The van der Waals surface area contributed by atoms with Crippen molar-refractivity contribution in [3.05, 3.63) is 24.3 Å². The Morgan fingerprint density at radius 2 is 2.06 bits per heavy atom. The van der Waals surface area contributed by atoms with E-state index in [1.54, 1.807) is 7.11 Å². The molecule has 102 valence electrons. The van der Waals surface area contributed by atoms with Crippen LogP contribution in [0.5, 0.6) is 5.75 Å². The van der Waals surface area contributed by atoms with E-state index in [4.69, 9.17) is 4.74 Å². The number of benzene rings is 1. The molecular formula is C14H23NO2S. The molecule has 0 aliphatic heterocycles. The minimum absolute atomic E-state index is 0.302. The van der Waals surface area contributed by atoms with E-state index in [2.05, 4.69) is 19.2 Å². The van der Waals surface area contributed by atoms with Crippen LogP contribution >= 0.6 is 0 Å². The SMILES string of the molecule is CCCNC(CC)CS(=O)c1ccccc1OC. The van der Waals surface area contributed by atoms with Gasteiger partial charge in [0.25, 0.3) is 0 Å². The molecular weight excluding hydrogens is 246 g/mol. The average molecular weight is 269 g/mol. The van der Waals surface area contributed by atoms with Crippen molar-refractivity contribution in [1.82, 2.24) is 5.32 Å². The topological polar surface area (TPSA) is 38.3 Å². The summed E-state index contributed by atoms with van der Waals surface area (Å²) in [7, 11) is 0.598. The molecule has 18 heavy (non-hydrogen) atoms. The van der Waals surface area contributed by atoms with Crippen LogP contribution in [0.4, 0.5) is 0 Å². The van der Waals surface area contributed by atoms with Crippen LogP contribution in [0.2, 0.25) is 0 Å². The third kappa shape index (κ3) is 4.42. The molecule has 0 amide bonds. The molecule has 0 radical (unpaired) electrons. The normalized spacial score (nSPS) is 14.2. The molecule has 0 fully saturated rings. The summed E-state index contributed by atoms with van der Waals surface area (Å²) in [4.78, 5) is 0.789. The van der Waals surface area contributed by atoms with E-state index in [0.717, 1.165) is 24.3 Å². The molecule has 2 unspecified atom stereocenters. The lowest BCUT2D eigenvalue weighted by atomic mass is 10.2. The molecule has 2 atom stereocenters. The van der Waals surface area contributed by atoms with E-state index >= 15 is 0 Å². The Kier molecular flexibility index (Phi) is 6.98. The number of nitrogens with one attached hydrogen (secondary N) is 1. The zero-order chi connectivity index (χ0) is 13.4. The van der Waals surface area contributed by atoms with Crippen molar-refractivity contribution >= 4 is 10.8 Å². The van der Waals surface area contributed by atoms with Gasteiger partial charge >= 0.3 is 0 Å². The lowest BCUT2D eigenvalue weighted by Gasteiger charge is -2.16. The third-order valence-corrected chi connectivity index (χ3v) is 4.38. The van der Waals surface area contributed by atoms with Gasteiger partial charge in [0.15, 0.2) is 0 Å². The van der Waals surface area contributed by atoms with Crippen LogP contribution in [0.1, 0.15) is 26.7 Å². The summed E-state index contributed by atoms with van der Waals surface area (Å²) in [6, 6.07) is 7.83. The van der Waals surface area contributed by atoms with Crippen LogP contribution in [-0.4, -0.2) is 29.7 Å². The molecule has 3 nitrogen and oxygen atoms in total. The van der Waals surface area contributed by atoms with Crippen molar-refractivity contribution in [2.24, 2.45) is 0 Å². The lowest BCUT2D eigenvalue weighted by Crippen LogP contribution is -2.34. The van der Waals surface area contributed by atoms with Gasteiger partial charge in [0.2, 0.25) is 0 Å². The molecule has 0 aromatic heterocycles. The summed E-state index contributed by atoms with van der Waals surface area (Å²) in [6.45, 7) is 5.23. The van der Waals surface area contributed by atoms with Crippen LogP contribution in [0.25, 0.3) is 0 Å². The molecule has 0 aliphatic rings. The Hall–Kier alpha value is -0.870. The number of hydrogen-bond acceptors (Lipinski definition) is 3. The highest BCUT2D eigenvalue weighted by Crippen LogP contribution is 2.21. The van der Waals surface area contributed by atoms with Crippen molar-refractivity contribution in [3.63, 3.8) is 0 Å². The van der Waals surface area contributed by atoms with E-state index in [-0.39, 0.29) is 0 Å². The number of rotatable bonds is 8. The maximum absolute atomic E-state index is 12.3. The number of para-hydroxylation sites is 1. The lowest BCUT2D eigenvalue weighted by molar-refractivity contribution is 0.404. The Bertz CT molecular complexity index is 382. The Morgan fingerprint density at radius 3 is 2.67 bits per heavy atom. The van der Waals surface area contributed by atoms with Gasteiger partial charge in [-0.25, -0.2) is 0 Å². The van der Waals surface area contributed by atoms with Gasteiger partial charge < -0.3 is 10.1 Å². The molecule has 1 rings (SSSR count). The molecule has 1 N–H and O–H groups in total. The van der Waals surface area contributed by atoms with Crippen molar-refractivity contribution in [1.29, 1.82) is 0 Å². The van der Waals surface area contributed by atoms with E-state index < -0.39 is 10.8 Å². The predicted octanol–water partition coefficient (Wildman–Crippen LogP) is 2.58. The van der Waals surface area contributed by atoms with Gasteiger partial charge in [-0.15, -0.1) is 0 Å². The summed E-state index contributed by atoms with van der Waals surface area (Å²) < 4.78 is 17.6. The Balaban J connectivity index is 2.68. The number of hydrogen-bond donors (Lipinski definition) is 1. The fourth-order valence-electron chi connectivity index (χ4n) is 1.75. The zero-order valence-electron chi connectivity index (χ0n) is 11.4. The van der Waals surface area contributed by atoms with Crippen LogP contribution in [-0.2, 0) is 10.8 Å². The molecule has 1 aromatic rings. The maximum atomic E-state index is 12.3. The van der Waals surface area contributed by atoms with Gasteiger partial charge in [-0.2, -0.15) is 0 Å². The first kappa shape index (κ1) is 15.2. The first-order chi connectivity index (χ1) is 8.72. The highest BCUT2D eigenvalue weighted by atomic mass is 32.2. The smallest absolute Gasteiger partial charge is 0.134 e. The summed E-state index contributed by atoms with van der Waals surface area (Å²) in [5.41, 5.74) is 0. The molecule has 0 bridgehead atoms. The summed E-state index contributed by atoms with van der Waals surface area (Å²) in [5.74, 6) is 1.35. The molecule has 0 heterocycles. The monoisotopic (exact) mass is 269 g/mol. The van der Waals surface area contributed by atoms with Crippen molar-refractivity contribution in [2.75, 3.05) is 19.4 Å². The van der Waals surface area contributed by atoms with Gasteiger partial charge in [0, 0.05) is 11.8 Å². The molecule has 0 saturated heterocycles. The Labute approximate surface area is 112 Å². The van der Waals surface area contributed by atoms with E-state index in [9.17, 15) is 4.21 Å². The van der Waals surface area contributed by atoms with Gasteiger partial charge in [-0.3, -0.25) is 4.21 Å². The fourth-order valence-corrected chi connectivity index (χ4v) is 3.25. The standard InChI is InChI=1S/C14H23NO2S/c1-4-10-15-12(5-2)11-18(16)14-9-7-6-8-13(14)17-3/h6-9,12,15H,4-5,10-11H2,1-3H3. The van der Waals surface area contributed by atoms with Crippen molar-refractivity contribution < 1.29 is 8.95 Å². The first-order valence-corrected chi connectivity index (χ1v) is 7.79. The molecule has 0 saturated carbocycles.